The van der Waals surface area contributed by atoms with E-state index in [2.05, 4.69) is 32.3 Å². The van der Waals surface area contributed by atoms with Crippen LogP contribution in [-0.4, -0.2) is 63.9 Å². The van der Waals surface area contributed by atoms with Crippen LogP contribution in [0.25, 0.3) is 11.1 Å². The van der Waals surface area contributed by atoms with E-state index in [4.69, 9.17) is 14.4 Å². The van der Waals surface area contributed by atoms with Crippen molar-refractivity contribution >= 4 is 26.3 Å². The fourth-order valence-corrected chi connectivity index (χ4v) is 5.43. The van der Waals surface area contributed by atoms with Crippen LogP contribution in [0.2, 0.25) is 0 Å². The molecule has 3 aromatic rings. The molecule has 2 atom stereocenters. The lowest BCUT2D eigenvalue weighted by Crippen LogP contribution is -2.48. The van der Waals surface area contributed by atoms with Gasteiger partial charge in [-0.3, -0.25) is 4.79 Å². The van der Waals surface area contributed by atoms with E-state index in [9.17, 15) is 18.9 Å². The summed E-state index contributed by atoms with van der Waals surface area (Å²) in [6, 6.07) is 15.0. The highest BCUT2D eigenvalue weighted by Crippen LogP contribution is 2.44. The summed E-state index contributed by atoms with van der Waals surface area (Å²) in [5.41, 5.74) is 4.08. The lowest BCUT2D eigenvalue weighted by molar-refractivity contribution is -0.123. The van der Waals surface area contributed by atoms with Crippen LogP contribution in [0.4, 0.5) is 9.59 Å². The second-order valence-electron chi connectivity index (χ2n) is 11.8. The SMILES string of the molecule is CC(C)(C)OC(=O)n1cnc(C[C@H](NC(=O)OCC2c3ccccc3-c3ccccc32)C(=O)NCCCCCCO[P+](=O)O)c1. The summed E-state index contributed by atoms with van der Waals surface area (Å²) in [5, 5.41) is 5.53. The molecule has 1 aliphatic carbocycles. The molecule has 0 spiro atoms. The molecule has 1 heterocycles. The lowest BCUT2D eigenvalue weighted by Gasteiger charge is -2.20. The van der Waals surface area contributed by atoms with E-state index in [0.29, 0.717) is 25.1 Å². The maximum absolute atomic E-state index is 13.2. The van der Waals surface area contributed by atoms with Crippen molar-refractivity contribution in [3.05, 3.63) is 77.9 Å². The van der Waals surface area contributed by atoms with Gasteiger partial charge in [0, 0.05) is 29.6 Å². The Kier molecular flexibility index (Phi) is 11.8. The van der Waals surface area contributed by atoms with Gasteiger partial charge in [-0.05, 0) is 55.9 Å². The van der Waals surface area contributed by atoms with Crippen molar-refractivity contribution in [1.82, 2.24) is 20.2 Å². The Labute approximate surface area is 263 Å². The third-order valence-corrected chi connectivity index (χ3v) is 7.58. The van der Waals surface area contributed by atoms with Crippen molar-refractivity contribution in [3.8, 4) is 11.1 Å². The summed E-state index contributed by atoms with van der Waals surface area (Å²) in [5.74, 6) is -0.556. The summed E-state index contributed by atoms with van der Waals surface area (Å²) in [7, 11) is -2.59. The topological polar surface area (TPSA) is 158 Å². The van der Waals surface area contributed by atoms with Gasteiger partial charge in [-0.2, -0.15) is 0 Å². The third kappa shape index (κ3) is 9.94. The van der Waals surface area contributed by atoms with E-state index >= 15 is 0 Å². The minimum absolute atomic E-state index is 0.0164. The van der Waals surface area contributed by atoms with Gasteiger partial charge >= 0.3 is 20.4 Å². The molecule has 0 radical (unpaired) electrons. The molecule has 1 unspecified atom stereocenters. The van der Waals surface area contributed by atoms with E-state index < -0.39 is 38.0 Å². The number of carbonyl (C=O) groups is 3. The van der Waals surface area contributed by atoms with Crippen molar-refractivity contribution in [3.63, 3.8) is 0 Å². The molecule has 2 aromatic carbocycles. The molecule has 2 amide bonds. The van der Waals surface area contributed by atoms with Gasteiger partial charge < -0.3 is 20.1 Å². The highest BCUT2D eigenvalue weighted by atomic mass is 31.1. The van der Waals surface area contributed by atoms with Crippen molar-refractivity contribution in [1.29, 1.82) is 0 Å². The Hall–Kier alpha value is -4.12. The van der Waals surface area contributed by atoms with Gasteiger partial charge in [0.25, 0.3) is 0 Å². The zero-order valence-corrected chi connectivity index (χ0v) is 26.6. The number of carbonyl (C=O) groups excluding carboxylic acids is 3. The van der Waals surface area contributed by atoms with Crippen LogP contribution in [0.1, 0.15) is 69.2 Å². The predicted molar refractivity (Wildman–Crippen MR) is 167 cm³/mol. The van der Waals surface area contributed by atoms with Crippen LogP contribution in [0, 0.1) is 0 Å². The maximum atomic E-state index is 13.2. The predicted octanol–water partition coefficient (Wildman–Crippen LogP) is 5.46. The smallest absolute Gasteiger partial charge is 0.449 e. The number of benzene rings is 2. The van der Waals surface area contributed by atoms with Gasteiger partial charge in [0.1, 0.15) is 31.2 Å². The fourth-order valence-electron chi connectivity index (χ4n) is 5.14. The van der Waals surface area contributed by atoms with Gasteiger partial charge in [0.05, 0.1) is 5.69 Å². The van der Waals surface area contributed by atoms with Gasteiger partial charge in [-0.25, -0.2) is 19.1 Å². The van der Waals surface area contributed by atoms with Crippen LogP contribution < -0.4 is 10.6 Å². The van der Waals surface area contributed by atoms with E-state index in [1.165, 1.54) is 17.1 Å². The minimum atomic E-state index is -2.59. The van der Waals surface area contributed by atoms with E-state index in [0.717, 1.165) is 35.1 Å². The molecule has 240 valence electrons. The first-order chi connectivity index (χ1) is 21.5. The summed E-state index contributed by atoms with van der Waals surface area (Å²) in [6.07, 6.45) is 4.28. The summed E-state index contributed by atoms with van der Waals surface area (Å²) in [4.78, 5) is 51.7. The van der Waals surface area contributed by atoms with Crippen molar-refractivity contribution in [2.45, 2.75) is 70.4 Å². The molecular formula is C32H40N4O8P+. The number of unbranched alkanes of at least 4 members (excludes halogenated alkanes) is 3. The standard InChI is InChI=1S/C32H39N4O8P/c1-32(2,3)44-31(39)36-19-22(34-21-36)18-28(29(37)33-16-10-4-5-11-17-43-45(40)41)35-30(38)42-20-27-25-14-8-6-12-23(25)24-13-7-9-15-26(24)27/h6-9,12-15,19,21,27-28H,4-5,10-11,16-18,20H2,1-3H3,(H2-,33,35,37,38,40,41)/p+1/t28-/m0/s1. The highest BCUT2D eigenvalue weighted by Gasteiger charge is 2.30. The number of imidazole rings is 1. The molecular weight excluding hydrogens is 599 g/mol. The van der Waals surface area contributed by atoms with E-state index in [1.807, 2.05) is 36.4 Å². The monoisotopic (exact) mass is 639 g/mol. The van der Waals surface area contributed by atoms with Crippen LogP contribution in [0.5, 0.6) is 0 Å². The average Bonchev–Trinajstić information content (AvgIpc) is 3.59. The first kappa shape index (κ1) is 33.8. The molecule has 0 aliphatic heterocycles. The van der Waals surface area contributed by atoms with Crippen molar-refractivity contribution < 1.29 is 37.8 Å². The van der Waals surface area contributed by atoms with E-state index in [-0.39, 0.29) is 25.6 Å². The number of nitrogens with zero attached hydrogens (tertiary/aromatic N) is 2. The van der Waals surface area contributed by atoms with Gasteiger partial charge in [0.15, 0.2) is 0 Å². The largest absolute Gasteiger partial charge is 0.694 e. The number of fused-ring (bicyclic) bond motifs is 3. The molecule has 0 saturated carbocycles. The second kappa shape index (κ2) is 15.7. The van der Waals surface area contributed by atoms with Crippen molar-refractivity contribution in [2.24, 2.45) is 0 Å². The van der Waals surface area contributed by atoms with Crippen LogP contribution >= 0.6 is 8.25 Å². The molecule has 4 rings (SSSR count). The first-order valence-electron chi connectivity index (χ1n) is 15.0. The normalized spacial score (nSPS) is 13.4. The lowest BCUT2D eigenvalue weighted by atomic mass is 9.98. The zero-order valence-electron chi connectivity index (χ0n) is 25.7. The molecule has 0 fully saturated rings. The average molecular weight is 640 g/mol. The number of ether oxygens (including phenoxy) is 2. The van der Waals surface area contributed by atoms with Gasteiger partial charge in [0.2, 0.25) is 5.91 Å². The Morgan fingerprint density at radius 1 is 1.00 bits per heavy atom. The summed E-state index contributed by atoms with van der Waals surface area (Å²) < 4.78 is 27.5. The van der Waals surface area contributed by atoms with Crippen molar-refractivity contribution in [2.75, 3.05) is 19.8 Å². The molecule has 1 aliphatic rings. The number of alkyl carbamates (subject to hydrolysis) is 1. The Balaban J connectivity index is 1.37. The van der Waals surface area contributed by atoms with Crippen LogP contribution in [-0.2, 0) is 29.8 Å². The number of amides is 2. The van der Waals surface area contributed by atoms with Crippen LogP contribution in [0.3, 0.4) is 0 Å². The number of rotatable bonds is 14. The molecule has 13 heteroatoms. The summed E-state index contributed by atoms with van der Waals surface area (Å²) in [6.45, 7) is 5.92. The van der Waals surface area contributed by atoms with Gasteiger partial charge in [-0.15, -0.1) is 9.42 Å². The van der Waals surface area contributed by atoms with Crippen LogP contribution in [0.15, 0.2) is 61.1 Å². The molecule has 45 heavy (non-hydrogen) atoms. The molecule has 3 N–H and O–H groups in total. The fraction of sp³-hybridized carbons (Fsp3) is 0.438. The quantitative estimate of drug-likeness (QED) is 0.154. The number of hydrogen-bond donors (Lipinski definition) is 3. The number of hydrogen-bond acceptors (Lipinski definition) is 8. The Bertz CT molecular complexity index is 1460. The number of aromatic nitrogens is 2. The number of nitrogens with one attached hydrogen (secondary N) is 2. The molecule has 0 saturated heterocycles. The molecule has 0 bridgehead atoms. The van der Waals surface area contributed by atoms with E-state index in [1.54, 1.807) is 20.8 Å². The zero-order chi connectivity index (χ0) is 32.4. The Morgan fingerprint density at radius 3 is 2.29 bits per heavy atom. The molecule has 1 aromatic heterocycles. The first-order valence-corrected chi connectivity index (χ1v) is 16.1. The van der Waals surface area contributed by atoms with Gasteiger partial charge in [-0.1, -0.05) is 61.4 Å². The summed E-state index contributed by atoms with van der Waals surface area (Å²) >= 11 is 0. The minimum Gasteiger partial charge on any atom is -0.449 e. The maximum Gasteiger partial charge on any atom is 0.694 e. The molecule has 12 nitrogen and oxygen atoms in total. The second-order valence-corrected chi connectivity index (χ2v) is 12.5. The highest BCUT2D eigenvalue weighted by molar-refractivity contribution is 7.32. The Morgan fingerprint density at radius 2 is 1.64 bits per heavy atom. The third-order valence-electron chi connectivity index (χ3n) is 7.18.